The van der Waals surface area contributed by atoms with Crippen molar-refractivity contribution in [3.05, 3.63) is 60.2 Å². The van der Waals surface area contributed by atoms with Crippen molar-refractivity contribution in [3.8, 4) is 11.5 Å². The zero-order valence-corrected chi connectivity index (χ0v) is 15.0. The molecule has 2 aromatic carbocycles. The summed E-state index contributed by atoms with van der Waals surface area (Å²) < 4.78 is 10.7. The van der Waals surface area contributed by atoms with Crippen molar-refractivity contribution in [3.63, 3.8) is 0 Å². The lowest BCUT2D eigenvalue weighted by Gasteiger charge is -2.15. The summed E-state index contributed by atoms with van der Waals surface area (Å²) >= 11 is 0. The Labute approximate surface area is 153 Å². The second-order valence-electron chi connectivity index (χ2n) is 5.74. The van der Waals surface area contributed by atoms with Crippen LogP contribution < -0.4 is 20.1 Å². The Morgan fingerprint density at radius 2 is 1.54 bits per heavy atom. The molecule has 6 nitrogen and oxygen atoms in total. The lowest BCUT2D eigenvalue weighted by molar-refractivity contribution is -0.127. The first kappa shape index (κ1) is 19.3. The molecule has 2 aromatic rings. The monoisotopic (exact) mass is 356 g/mol. The van der Waals surface area contributed by atoms with Crippen molar-refractivity contribution in [1.82, 2.24) is 10.6 Å². The third kappa shape index (κ3) is 6.47. The Hall–Kier alpha value is -3.02. The van der Waals surface area contributed by atoms with E-state index in [9.17, 15) is 9.59 Å². The SMILES string of the molecule is COc1ccc(OC(C)C(=O)NCCNC(=O)Cc2ccccc2)cc1. The molecule has 138 valence electrons. The predicted octanol–water partition coefficient (Wildman–Crippen LogP) is 1.94. The molecule has 0 bridgehead atoms. The quantitative estimate of drug-likeness (QED) is 0.673. The maximum atomic E-state index is 12.0. The van der Waals surface area contributed by atoms with Crippen LogP contribution in [-0.2, 0) is 16.0 Å². The number of hydrogen-bond donors (Lipinski definition) is 2. The molecule has 2 rings (SSSR count). The first-order valence-corrected chi connectivity index (χ1v) is 8.47. The molecule has 6 heteroatoms. The molecule has 2 amide bonds. The van der Waals surface area contributed by atoms with Gasteiger partial charge in [-0.1, -0.05) is 30.3 Å². The Morgan fingerprint density at radius 1 is 0.923 bits per heavy atom. The van der Waals surface area contributed by atoms with E-state index >= 15 is 0 Å². The zero-order valence-electron chi connectivity index (χ0n) is 15.0. The van der Waals surface area contributed by atoms with Crippen LogP contribution in [-0.4, -0.2) is 38.1 Å². The summed E-state index contributed by atoms with van der Waals surface area (Å²) in [4.78, 5) is 23.9. The Bertz CT molecular complexity index is 702. The number of benzene rings is 2. The van der Waals surface area contributed by atoms with E-state index in [2.05, 4.69) is 10.6 Å². The van der Waals surface area contributed by atoms with Gasteiger partial charge in [-0.3, -0.25) is 9.59 Å². The van der Waals surface area contributed by atoms with Crippen LogP contribution in [0.15, 0.2) is 54.6 Å². The van der Waals surface area contributed by atoms with E-state index in [1.807, 2.05) is 30.3 Å². The number of methoxy groups -OCH3 is 1. The van der Waals surface area contributed by atoms with Crippen molar-refractivity contribution in [2.45, 2.75) is 19.4 Å². The minimum atomic E-state index is -0.636. The van der Waals surface area contributed by atoms with E-state index in [0.29, 0.717) is 25.3 Å². The molecule has 0 saturated heterocycles. The van der Waals surface area contributed by atoms with Crippen molar-refractivity contribution in [2.75, 3.05) is 20.2 Å². The average molecular weight is 356 g/mol. The standard InChI is InChI=1S/C20H24N2O4/c1-15(26-18-10-8-17(25-2)9-11-18)20(24)22-13-12-21-19(23)14-16-6-4-3-5-7-16/h3-11,15H,12-14H2,1-2H3,(H,21,23)(H,22,24). The summed E-state index contributed by atoms with van der Waals surface area (Å²) in [5.74, 6) is 0.997. The van der Waals surface area contributed by atoms with Gasteiger partial charge in [0.15, 0.2) is 6.10 Å². The van der Waals surface area contributed by atoms with E-state index in [0.717, 1.165) is 11.3 Å². The minimum Gasteiger partial charge on any atom is -0.497 e. The maximum absolute atomic E-state index is 12.0. The van der Waals surface area contributed by atoms with Crippen LogP contribution in [0.25, 0.3) is 0 Å². The number of carbonyl (C=O) groups excluding carboxylic acids is 2. The Kier molecular flexibility index (Phi) is 7.49. The largest absolute Gasteiger partial charge is 0.497 e. The second kappa shape index (κ2) is 10.1. The Morgan fingerprint density at radius 3 is 2.19 bits per heavy atom. The zero-order chi connectivity index (χ0) is 18.8. The van der Waals surface area contributed by atoms with Crippen LogP contribution in [0.1, 0.15) is 12.5 Å². The first-order valence-electron chi connectivity index (χ1n) is 8.47. The molecule has 0 radical (unpaired) electrons. The van der Waals surface area contributed by atoms with Gasteiger partial charge in [0.2, 0.25) is 5.91 Å². The normalized spacial score (nSPS) is 11.3. The van der Waals surface area contributed by atoms with Crippen molar-refractivity contribution in [2.24, 2.45) is 0 Å². The van der Waals surface area contributed by atoms with Gasteiger partial charge in [0.1, 0.15) is 11.5 Å². The second-order valence-corrected chi connectivity index (χ2v) is 5.74. The lowest BCUT2D eigenvalue weighted by Crippen LogP contribution is -2.41. The molecule has 0 fully saturated rings. The Balaban J connectivity index is 1.65. The molecule has 1 atom stereocenters. The molecule has 0 heterocycles. The van der Waals surface area contributed by atoms with Gasteiger partial charge >= 0.3 is 0 Å². The van der Waals surface area contributed by atoms with Gasteiger partial charge in [-0.05, 0) is 36.8 Å². The lowest BCUT2D eigenvalue weighted by atomic mass is 10.1. The van der Waals surface area contributed by atoms with E-state index in [1.54, 1.807) is 38.3 Å². The van der Waals surface area contributed by atoms with Crippen molar-refractivity contribution < 1.29 is 19.1 Å². The van der Waals surface area contributed by atoms with E-state index in [1.165, 1.54) is 0 Å². The number of amides is 2. The highest BCUT2D eigenvalue weighted by molar-refractivity contribution is 5.81. The van der Waals surface area contributed by atoms with Gasteiger partial charge in [-0.15, -0.1) is 0 Å². The highest BCUT2D eigenvalue weighted by Crippen LogP contribution is 2.18. The highest BCUT2D eigenvalue weighted by atomic mass is 16.5. The first-order chi connectivity index (χ1) is 12.6. The van der Waals surface area contributed by atoms with E-state index in [-0.39, 0.29) is 11.8 Å². The molecule has 0 aliphatic rings. The smallest absolute Gasteiger partial charge is 0.260 e. The molecule has 0 saturated carbocycles. The van der Waals surface area contributed by atoms with Gasteiger partial charge in [0, 0.05) is 13.1 Å². The van der Waals surface area contributed by atoms with Gasteiger partial charge in [0.25, 0.3) is 5.91 Å². The average Bonchev–Trinajstić information content (AvgIpc) is 2.66. The molecule has 0 aromatic heterocycles. The highest BCUT2D eigenvalue weighted by Gasteiger charge is 2.14. The number of hydrogen-bond acceptors (Lipinski definition) is 4. The van der Waals surface area contributed by atoms with Crippen LogP contribution in [0.5, 0.6) is 11.5 Å². The molecule has 0 aliphatic heterocycles. The molecule has 2 N–H and O–H groups in total. The summed E-state index contributed by atoms with van der Waals surface area (Å²) in [6, 6.07) is 16.5. The topological polar surface area (TPSA) is 76.7 Å². The molecule has 0 aliphatic carbocycles. The maximum Gasteiger partial charge on any atom is 0.260 e. The van der Waals surface area contributed by atoms with Gasteiger partial charge in [-0.2, -0.15) is 0 Å². The van der Waals surface area contributed by atoms with Crippen molar-refractivity contribution in [1.29, 1.82) is 0 Å². The predicted molar refractivity (Wildman–Crippen MR) is 99.2 cm³/mol. The fourth-order valence-electron chi connectivity index (χ4n) is 2.29. The molecular formula is C20H24N2O4. The van der Waals surface area contributed by atoms with Crippen LogP contribution >= 0.6 is 0 Å². The van der Waals surface area contributed by atoms with E-state index in [4.69, 9.17) is 9.47 Å². The summed E-state index contributed by atoms with van der Waals surface area (Å²) in [7, 11) is 1.59. The third-order valence-corrected chi connectivity index (χ3v) is 3.70. The van der Waals surface area contributed by atoms with Crippen LogP contribution in [0.3, 0.4) is 0 Å². The fourth-order valence-corrected chi connectivity index (χ4v) is 2.29. The molecule has 26 heavy (non-hydrogen) atoms. The third-order valence-electron chi connectivity index (χ3n) is 3.70. The van der Waals surface area contributed by atoms with Crippen LogP contribution in [0.4, 0.5) is 0 Å². The van der Waals surface area contributed by atoms with Gasteiger partial charge in [-0.25, -0.2) is 0 Å². The summed E-state index contributed by atoms with van der Waals surface area (Å²) in [5.41, 5.74) is 0.954. The number of nitrogens with one attached hydrogen (secondary N) is 2. The number of carbonyl (C=O) groups is 2. The van der Waals surface area contributed by atoms with Crippen molar-refractivity contribution >= 4 is 11.8 Å². The number of rotatable bonds is 9. The summed E-state index contributed by atoms with van der Waals surface area (Å²) in [5, 5.41) is 5.52. The minimum absolute atomic E-state index is 0.0759. The molecule has 1 unspecified atom stereocenters. The van der Waals surface area contributed by atoms with Crippen LogP contribution in [0.2, 0.25) is 0 Å². The molecular weight excluding hydrogens is 332 g/mol. The molecule has 0 spiro atoms. The van der Waals surface area contributed by atoms with Gasteiger partial charge in [0.05, 0.1) is 13.5 Å². The van der Waals surface area contributed by atoms with E-state index < -0.39 is 6.10 Å². The fraction of sp³-hybridized carbons (Fsp3) is 0.300. The summed E-state index contributed by atoms with van der Waals surface area (Å²) in [6.07, 6.45) is -0.311. The number of ether oxygens (including phenoxy) is 2. The summed E-state index contributed by atoms with van der Waals surface area (Å²) in [6.45, 7) is 2.38. The van der Waals surface area contributed by atoms with Crippen LogP contribution in [0, 0.1) is 0 Å². The van der Waals surface area contributed by atoms with Gasteiger partial charge < -0.3 is 20.1 Å².